The van der Waals surface area contributed by atoms with Gasteiger partial charge in [-0.1, -0.05) is 29.8 Å². The molecule has 1 unspecified atom stereocenters. The zero-order chi connectivity index (χ0) is 21.6. The maximum atomic E-state index is 13.4. The Morgan fingerprint density at radius 2 is 1.93 bits per heavy atom. The Morgan fingerprint density at radius 3 is 2.67 bits per heavy atom. The quantitative estimate of drug-likeness (QED) is 0.729. The minimum atomic E-state index is -1.56. The largest absolute Gasteiger partial charge is 0.325 e. The summed E-state index contributed by atoms with van der Waals surface area (Å²) in [6.45, 7) is 0.627. The molecule has 5 amide bonds. The highest BCUT2D eigenvalue weighted by atomic mass is 35.5. The van der Waals surface area contributed by atoms with Crippen LogP contribution in [0.3, 0.4) is 0 Å². The monoisotopic (exact) mass is 430 g/mol. The van der Waals surface area contributed by atoms with E-state index in [4.69, 9.17) is 11.6 Å². The van der Waals surface area contributed by atoms with E-state index in [-0.39, 0.29) is 23.0 Å². The summed E-state index contributed by atoms with van der Waals surface area (Å²) >= 11 is 6.08. The van der Waals surface area contributed by atoms with Crippen molar-refractivity contribution in [1.29, 1.82) is 0 Å². The Balaban J connectivity index is 1.60. The van der Waals surface area contributed by atoms with Crippen molar-refractivity contribution in [2.75, 3.05) is 23.3 Å². The predicted molar refractivity (Wildman–Crippen MR) is 106 cm³/mol. The normalized spacial score (nSPS) is 20.7. The number of nitrogens with one attached hydrogen (secondary N) is 2. The SMILES string of the molecule is CC1(c2ccc(F)cc2Cl)NC(=O)N(CC(=O)N2CC(=O)Nc3ccccc32)C1=O. The van der Waals surface area contributed by atoms with Crippen molar-refractivity contribution in [3.8, 4) is 0 Å². The molecule has 4 rings (SSSR count). The molecule has 1 fully saturated rings. The molecule has 1 atom stereocenters. The summed E-state index contributed by atoms with van der Waals surface area (Å²) in [4.78, 5) is 52.4. The summed E-state index contributed by atoms with van der Waals surface area (Å²) < 4.78 is 13.4. The first kappa shape index (κ1) is 19.8. The molecule has 0 radical (unpaired) electrons. The van der Waals surface area contributed by atoms with Crippen LogP contribution in [0.15, 0.2) is 42.5 Å². The van der Waals surface area contributed by atoms with Crippen molar-refractivity contribution < 1.29 is 23.6 Å². The number of hydrogen-bond donors (Lipinski definition) is 2. The number of para-hydroxylation sites is 2. The number of halogens is 2. The average molecular weight is 431 g/mol. The highest BCUT2D eigenvalue weighted by molar-refractivity contribution is 6.32. The second kappa shape index (κ2) is 7.10. The molecular formula is C20H16ClFN4O4. The van der Waals surface area contributed by atoms with Crippen LogP contribution >= 0.6 is 11.6 Å². The Hall–Kier alpha value is -3.46. The molecular weight excluding hydrogens is 415 g/mol. The fraction of sp³-hybridized carbons (Fsp3) is 0.200. The molecule has 30 heavy (non-hydrogen) atoms. The molecule has 0 aromatic heterocycles. The van der Waals surface area contributed by atoms with E-state index >= 15 is 0 Å². The van der Waals surface area contributed by atoms with Crippen LogP contribution in [0.5, 0.6) is 0 Å². The number of carbonyl (C=O) groups excluding carboxylic acids is 4. The van der Waals surface area contributed by atoms with Crippen molar-refractivity contribution in [3.05, 3.63) is 58.9 Å². The third-order valence-corrected chi connectivity index (χ3v) is 5.42. The van der Waals surface area contributed by atoms with Crippen LogP contribution in [0.4, 0.5) is 20.6 Å². The smallest absolute Gasteiger partial charge is 0.323 e. The fourth-order valence-corrected chi connectivity index (χ4v) is 3.95. The molecule has 0 bridgehead atoms. The number of amides is 5. The Bertz CT molecular complexity index is 1110. The lowest BCUT2D eigenvalue weighted by molar-refractivity contribution is -0.134. The maximum absolute atomic E-state index is 13.4. The number of fused-ring (bicyclic) bond motifs is 1. The Morgan fingerprint density at radius 1 is 1.20 bits per heavy atom. The van der Waals surface area contributed by atoms with E-state index in [1.54, 1.807) is 24.3 Å². The molecule has 1 saturated heterocycles. The zero-order valence-electron chi connectivity index (χ0n) is 15.7. The van der Waals surface area contributed by atoms with Gasteiger partial charge in [0.1, 0.15) is 24.4 Å². The summed E-state index contributed by atoms with van der Waals surface area (Å²) in [6, 6.07) is 9.41. The molecule has 2 N–H and O–H groups in total. The van der Waals surface area contributed by atoms with Crippen LogP contribution in [-0.2, 0) is 19.9 Å². The summed E-state index contributed by atoms with van der Waals surface area (Å²) in [5, 5.41) is 5.16. The van der Waals surface area contributed by atoms with Crippen LogP contribution < -0.4 is 15.5 Å². The molecule has 2 aliphatic heterocycles. The topological polar surface area (TPSA) is 98.8 Å². The van der Waals surface area contributed by atoms with Crippen LogP contribution in [0.25, 0.3) is 0 Å². The van der Waals surface area contributed by atoms with Gasteiger partial charge in [0.05, 0.1) is 11.4 Å². The van der Waals surface area contributed by atoms with E-state index in [0.29, 0.717) is 11.4 Å². The van der Waals surface area contributed by atoms with Crippen LogP contribution in [0.1, 0.15) is 12.5 Å². The van der Waals surface area contributed by atoms with Crippen LogP contribution in [0, 0.1) is 5.82 Å². The van der Waals surface area contributed by atoms with Gasteiger partial charge in [-0.2, -0.15) is 0 Å². The lowest BCUT2D eigenvalue weighted by Crippen LogP contribution is -2.48. The Kier molecular flexibility index (Phi) is 4.70. The van der Waals surface area contributed by atoms with E-state index in [1.165, 1.54) is 17.9 Å². The van der Waals surface area contributed by atoms with E-state index in [1.807, 2.05) is 0 Å². The maximum Gasteiger partial charge on any atom is 0.325 e. The van der Waals surface area contributed by atoms with Gasteiger partial charge in [0.25, 0.3) is 5.91 Å². The third kappa shape index (κ3) is 3.17. The molecule has 8 nitrogen and oxygen atoms in total. The molecule has 2 aromatic rings. The van der Waals surface area contributed by atoms with Crippen molar-refractivity contribution in [3.63, 3.8) is 0 Å². The molecule has 0 saturated carbocycles. The van der Waals surface area contributed by atoms with Gasteiger partial charge in [-0.3, -0.25) is 24.2 Å². The lowest BCUT2D eigenvalue weighted by atomic mass is 9.92. The Labute approximate surface area is 175 Å². The molecule has 2 heterocycles. The van der Waals surface area contributed by atoms with Crippen LogP contribution in [-0.4, -0.2) is 41.7 Å². The predicted octanol–water partition coefficient (Wildman–Crippen LogP) is 2.23. The molecule has 2 aromatic carbocycles. The van der Waals surface area contributed by atoms with E-state index < -0.39 is 35.7 Å². The van der Waals surface area contributed by atoms with E-state index in [9.17, 15) is 23.6 Å². The third-order valence-electron chi connectivity index (χ3n) is 5.11. The van der Waals surface area contributed by atoms with Gasteiger partial charge >= 0.3 is 6.03 Å². The number of anilines is 2. The minimum Gasteiger partial charge on any atom is -0.323 e. The fourth-order valence-electron chi connectivity index (χ4n) is 3.59. The van der Waals surface area contributed by atoms with Crippen molar-refractivity contribution in [2.45, 2.75) is 12.5 Å². The summed E-state index contributed by atoms with van der Waals surface area (Å²) in [7, 11) is 0. The number of hydrogen-bond acceptors (Lipinski definition) is 4. The van der Waals surface area contributed by atoms with Gasteiger partial charge in [0.2, 0.25) is 11.8 Å². The van der Waals surface area contributed by atoms with E-state index in [0.717, 1.165) is 17.0 Å². The second-order valence-electron chi connectivity index (χ2n) is 7.12. The number of benzene rings is 2. The average Bonchev–Trinajstić information content (AvgIpc) is 2.90. The van der Waals surface area contributed by atoms with Crippen molar-refractivity contribution in [2.24, 2.45) is 0 Å². The number of urea groups is 1. The zero-order valence-corrected chi connectivity index (χ0v) is 16.5. The highest BCUT2D eigenvalue weighted by Crippen LogP contribution is 2.34. The van der Waals surface area contributed by atoms with E-state index in [2.05, 4.69) is 10.6 Å². The second-order valence-corrected chi connectivity index (χ2v) is 7.52. The van der Waals surface area contributed by atoms with Crippen molar-refractivity contribution >= 4 is 46.7 Å². The van der Waals surface area contributed by atoms with Gasteiger partial charge in [-0.25, -0.2) is 9.18 Å². The minimum absolute atomic E-state index is 0.0269. The summed E-state index contributed by atoms with van der Waals surface area (Å²) in [5.74, 6) is -2.28. The van der Waals surface area contributed by atoms with Gasteiger partial charge in [-0.15, -0.1) is 0 Å². The first-order valence-electron chi connectivity index (χ1n) is 8.99. The summed E-state index contributed by atoms with van der Waals surface area (Å²) in [5.41, 5.74) is -0.415. The molecule has 154 valence electrons. The highest BCUT2D eigenvalue weighted by Gasteiger charge is 2.50. The van der Waals surface area contributed by atoms with Crippen molar-refractivity contribution in [1.82, 2.24) is 10.2 Å². The van der Waals surface area contributed by atoms with Crippen LogP contribution in [0.2, 0.25) is 5.02 Å². The standard InChI is InChI=1S/C20H16ClFN4O4/c1-20(12-7-6-11(22)8-13(12)21)18(29)26(19(30)24-20)10-17(28)25-9-16(27)23-14-4-2-3-5-15(14)25/h2-8H,9-10H2,1H3,(H,23,27)(H,24,30). The van der Waals surface area contributed by atoms with Gasteiger partial charge < -0.3 is 10.6 Å². The number of rotatable bonds is 3. The molecule has 10 heteroatoms. The van der Waals surface area contributed by atoms with Gasteiger partial charge in [0.15, 0.2) is 0 Å². The first-order valence-corrected chi connectivity index (χ1v) is 9.37. The van der Waals surface area contributed by atoms with Gasteiger partial charge in [0, 0.05) is 10.6 Å². The lowest BCUT2D eigenvalue weighted by Gasteiger charge is -2.30. The summed E-state index contributed by atoms with van der Waals surface area (Å²) in [6.07, 6.45) is 0. The number of carbonyl (C=O) groups is 4. The molecule has 0 spiro atoms. The number of imide groups is 1. The number of nitrogens with zero attached hydrogens (tertiary/aromatic N) is 2. The molecule has 0 aliphatic carbocycles. The first-order chi connectivity index (χ1) is 14.2. The van der Waals surface area contributed by atoms with Gasteiger partial charge in [-0.05, 0) is 31.2 Å². The molecule has 2 aliphatic rings.